The van der Waals surface area contributed by atoms with Crippen LogP contribution in [-0.2, 0) is 14.6 Å². The molecule has 1 aliphatic heterocycles. The molecule has 6 nitrogen and oxygen atoms in total. The van der Waals surface area contributed by atoms with E-state index in [9.17, 15) is 18.3 Å². The summed E-state index contributed by atoms with van der Waals surface area (Å²) >= 11 is 0. The van der Waals surface area contributed by atoms with Crippen molar-refractivity contribution in [3.63, 3.8) is 0 Å². The van der Waals surface area contributed by atoms with Gasteiger partial charge >= 0.3 is 0 Å². The molecule has 1 heterocycles. The van der Waals surface area contributed by atoms with Crippen LogP contribution in [0.2, 0.25) is 0 Å². The molecule has 2 aromatic rings. The highest BCUT2D eigenvalue weighted by Crippen LogP contribution is 2.27. The van der Waals surface area contributed by atoms with Crippen molar-refractivity contribution >= 4 is 21.4 Å². The molecule has 0 spiro atoms. The highest BCUT2D eigenvalue weighted by Gasteiger charge is 2.36. The second-order valence-electron chi connectivity index (χ2n) is 7.51. The van der Waals surface area contributed by atoms with Gasteiger partial charge in [0.2, 0.25) is 5.91 Å². The minimum absolute atomic E-state index is 0.00387. The van der Waals surface area contributed by atoms with Crippen LogP contribution in [0.25, 0.3) is 0 Å². The predicted octanol–water partition coefficient (Wildman–Crippen LogP) is 2.26. The lowest BCUT2D eigenvalue weighted by Gasteiger charge is -2.33. The van der Waals surface area contributed by atoms with E-state index in [2.05, 4.69) is 0 Å². The molecule has 29 heavy (non-hydrogen) atoms. The van der Waals surface area contributed by atoms with Gasteiger partial charge in [-0.2, -0.15) is 0 Å². The Bertz CT molecular complexity index is 903. The van der Waals surface area contributed by atoms with Crippen molar-refractivity contribution in [2.24, 2.45) is 0 Å². The third kappa shape index (κ3) is 5.44. The second kappa shape index (κ2) is 9.52. The molecule has 0 aromatic heterocycles. The Balaban J connectivity index is 1.82. The Labute approximate surface area is 172 Å². The Hall–Kier alpha value is -2.22. The number of sulfone groups is 1. The van der Waals surface area contributed by atoms with Crippen molar-refractivity contribution in [3.8, 4) is 0 Å². The van der Waals surface area contributed by atoms with Crippen LogP contribution in [0.4, 0.5) is 5.69 Å². The summed E-state index contributed by atoms with van der Waals surface area (Å²) in [6.07, 6.45) is 0.961. The summed E-state index contributed by atoms with van der Waals surface area (Å²) in [6, 6.07) is 18.6. The van der Waals surface area contributed by atoms with Gasteiger partial charge in [0.05, 0.1) is 24.1 Å². The first kappa shape index (κ1) is 21.5. The maximum Gasteiger partial charge on any atom is 0.241 e. The summed E-state index contributed by atoms with van der Waals surface area (Å²) in [5, 5.41) is 9.51. The fraction of sp³-hybridized carbons (Fsp3) is 0.409. The zero-order valence-electron chi connectivity index (χ0n) is 16.6. The van der Waals surface area contributed by atoms with Crippen LogP contribution in [0, 0.1) is 0 Å². The van der Waals surface area contributed by atoms with E-state index < -0.39 is 9.84 Å². The average molecular weight is 417 g/mol. The van der Waals surface area contributed by atoms with E-state index in [1.807, 2.05) is 72.6 Å². The molecule has 1 fully saturated rings. The molecule has 1 saturated heterocycles. The largest absolute Gasteiger partial charge is 0.396 e. The van der Waals surface area contributed by atoms with Gasteiger partial charge in [-0.1, -0.05) is 48.5 Å². The van der Waals surface area contributed by atoms with Gasteiger partial charge in [-0.3, -0.25) is 9.69 Å². The van der Waals surface area contributed by atoms with Crippen LogP contribution in [0.15, 0.2) is 60.7 Å². The minimum Gasteiger partial charge on any atom is -0.396 e. The maximum atomic E-state index is 13.3. The van der Waals surface area contributed by atoms with E-state index in [0.29, 0.717) is 18.5 Å². The number of likely N-dealkylation sites (N-methyl/N-ethyl adjacent to an activating group) is 1. The lowest BCUT2D eigenvalue weighted by Crippen LogP contribution is -2.46. The zero-order chi connectivity index (χ0) is 20.9. The standard InChI is InChI=1S/C22H28N2O4S/c1-23(21(12-14-25)18-8-4-2-5-9-18)16-22(26)24(19-10-6-3-7-11-19)20-13-15-29(27,28)17-20/h2-11,20-21,25H,12-17H2,1H3/t20-,21+/m1/s1. The molecular weight excluding hydrogens is 388 g/mol. The number of carbonyl (C=O) groups excluding carboxylic acids is 1. The minimum atomic E-state index is -3.12. The van der Waals surface area contributed by atoms with E-state index in [1.54, 1.807) is 4.90 Å². The van der Waals surface area contributed by atoms with Gasteiger partial charge in [0, 0.05) is 18.3 Å². The summed E-state index contributed by atoms with van der Waals surface area (Å²) < 4.78 is 24.0. The van der Waals surface area contributed by atoms with Crippen molar-refractivity contribution in [1.82, 2.24) is 4.90 Å². The molecule has 3 rings (SSSR count). The molecule has 2 aromatic carbocycles. The molecular formula is C22H28N2O4S. The van der Waals surface area contributed by atoms with Gasteiger partial charge in [0.1, 0.15) is 0 Å². The zero-order valence-corrected chi connectivity index (χ0v) is 17.5. The Morgan fingerprint density at radius 1 is 1.10 bits per heavy atom. The van der Waals surface area contributed by atoms with Gasteiger partial charge in [-0.05, 0) is 37.6 Å². The van der Waals surface area contributed by atoms with E-state index in [4.69, 9.17) is 0 Å². The summed E-state index contributed by atoms with van der Waals surface area (Å²) in [7, 11) is -1.26. The summed E-state index contributed by atoms with van der Waals surface area (Å²) in [6.45, 7) is 0.145. The van der Waals surface area contributed by atoms with Gasteiger partial charge in [-0.15, -0.1) is 0 Å². The van der Waals surface area contributed by atoms with Crippen LogP contribution in [0.3, 0.4) is 0 Å². The number of rotatable bonds is 8. The van der Waals surface area contributed by atoms with Crippen LogP contribution in [0.5, 0.6) is 0 Å². The van der Waals surface area contributed by atoms with E-state index in [0.717, 1.165) is 5.56 Å². The smallest absolute Gasteiger partial charge is 0.241 e. The number of benzene rings is 2. The monoisotopic (exact) mass is 416 g/mol. The lowest BCUT2D eigenvalue weighted by atomic mass is 10.0. The highest BCUT2D eigenvalue weighted by molar-refractivity contribution is 7.91. The van der Waals surface area contributed by atoms with Gasteiger partial charge in [0.15, 0.2) is 9.84 Å². The highest BCUT2D eigenvalue weighted by atomic mass is 32.2. The number of aliphatic hydroxyl groups excluding tert-OH is 1. The molecule has 7 heteroatoms. The van der Waals surface area contributed by atoms with E-state index in [-0.39, 0.29) is 42.6 Å². The quantitative estimate of drug-likeness (QED) is 0.714. The molecule has 0 unspecified atom stereocenters. The van der Waals surface area contributed by atoms with Gasteiger partial charge < -0.3 is 10.0 Å². The molecule has 0 radical (unpaired) electrons. The molecule has 2 atom stereocenters. The molecule has 0 saturated carbocycles. The summed E-state index contributed by atoms with van der Waals surface area (Å²) in [5.74, 6) is -0.0307. The molecule has 1 aliphatic rings. The summed E-state index contributed by atoms with van der Waals surface area (Å²) in [5.41, 5.74) is 1.75. The van der Waals surface area contributed by atoms with Crippen molar-refractivity contribution in [2.75, 3.05) is 36.6 Å². The first-order valence-corrected chi connectivity index (χ1v) is 11.7. The van der Waals surface area contributed by atoms with Gasteiger partial charge in [-0.25, -0.2) is 8.42 Å². The Kier molecular flexibility index (Phi) is 7.05. The molecule has 0 bridgehead atoms. The van der Waals surface area contributed by atoms with Crippen LogP contribution >= 0.6 is 0 Å². The third-order valence-corrected chi connectivity index (χ3v) is 7.13. The van der Waals surface area contributed by atoms with E-state index >= 15 is 0 Å². The average Bonchev–Trinajstić information content (AvgIpc) is 3.06. The first-order valence-electron chi connectivity index (χ1n) is 9.85. The molecule has 1 N–H and O–H groups in total. The van der Waals surface area contributed by atoms with E-state index in [1.165, 1.54) is 0 Å². The third-order valence-electron chi connectivity index (χ3n) is 5.38. The lowest BCUT2D eigenvalue weighted by molar-refractivity contribution is -0.120. The number of anilines is 1. The van der Waals surface area contributed by atoms with Gasteiger partial charge in [0.25, 0.3) is 0 Å². The normalized spacial score (nSPS) is 19.2. The predicted molar refractivity (Wildman–Crippen MR) is 115 cm³/mol. The number of amides is 1. The number of hydrogen-bond acceptors (Lipinski definition) is 5. The van der Waals surface area contributed by atoms with Crippen molar-refractivity contribution < 1.29 is 18.3 Å². The first-order chi connectivity index (χ1) is 13.9. The second-order valence-corrected chi connectivity index (χ2v) is 9.74. The SMILES string of the molecule is CN(CC(=O)N(c1ccccc1)[C@@H]1CCS(=O)(=O)C1)[C@@H](CCO)c1ccccc1. The number of aliphatic hydroxyl groups is 1. The van der Waals surface area contributed by atoms with Crippen LogP contribution < -0.4 is 4.90 Å². The number of hydrogen-bond donors (Lipinski definition) is 1. The van der Waals surface area contributed by atoms with Crippen molar-refractivity contribution in [2.45, 2.75) is 24.9 Å². The van der Waals surface area contributed by atoms with Crippen molar-refractivity contribution in [1.29, 1.82) is 0 Å². The molecule has 0 aliphatic carbocycles. The Morgan fingerprint density at radius 2 is 1.72 bits per heavy atom. The van der Waals surface area contributed by atoms with Crippen LogP contribution in [-0.4, -0.2) is 62.1 Å². The van der Waals surface area contributed by atoms with Crippen molar-refractivity contribution in [3.05, 3.63) is 66.2 Å². The topological polar surface area (TPSA) is 77.9 Å². The Morgan fingerprint density at radius 3 is 2.28 bits per heavy atom. The number of nitrogens with zero attached hydrogens (tertiary/aromatic N) is 2. The molecule has 156 valence electrons. The fourth-order valence-corrected chi connectivity index (χ4v) is 5.66. The number of carbonyl (C=O) groups is 1. The van der Waals surface area contributed by atoms with Crippen LogP contribution in [0.1, 0.15) is 24.4 Å². The fourth-order valence-electron chi connectivity index (χ4n) is 3.96. The maximum absolute atomic E-state index is 13.3. The summed E-state index contributed by atoms with van der Waals surface area (Å²) in [4.78, 5) is 16.9. The molecule has 1 amide bonds. The number of para-hydroxylation sites is 1.